The van der Waals surface area contributed by atoms with E-state index in [9.17, 15) is 13.2 Å². The van der Waals surface area contributed by atoms with Crippen LogP contribution < -0.4 is 10.1 Å². The minimum Gasteiger partial charge on any atom is -0.497 e. The van der Waals surface area contributed by atoms with Crippen LogP contribution in [-0.4, -0.2) is 33.0 Å². The number of nitrogens with zero attached hydrogens (tertiary/aromatic N) is 1. The van der Waals surface area contributed by atoms with E-state index < -0.39 is 15.1 Å². The number of methoxy groups -OCH3 is 1. The molecule has 0 aliphatic carbocycles. The number of sulfone groups is 1. The highest BCUT2D eigenvalue weighted by Crippen LogP contribution is 2.29. The molecule has 0 saturated carbocycles. The highest BCUT2D eigenvalue weighted by Gasteiger charge is 2.29. The molecule has 0 bridgehead atoms. The minimum atomic E-state index is -3.70. The lowest BCUT2D eigenvalue weighted by Crippen LogP contribution is -2.31. The number of hydrogen-bond acceptors (Lipinski definition) is 5. The number of ether oxygens (including phenoxy) is 1. The van der Waals surface area contributed by atoms with E-state index in [1.807, 2.05) is 6.92 Å². The van der Waals surface area contributed by atoms with Gasteiger partial charge in [0.1, 0.15) is 11.0 Å². The van der Waals surface area contributed by atoms with Gasteiger partial charge in [-0.1, -0.05) is 13.0 Å². The van der Waals surface area contributed by atoms with Crippen molar-refractivity contribution in [3.63, 3.8) is 0 Å². The average molecular weight is 362 g/mol. The molecule has 7 heteroatoms. The van der Waals surface area contributed by atoms with Crippen LogP contribution in [0, 0.1) is 0 Å². The first-order valence-corrected chi connectivity index (χ1v) is 9.58. The van der Waals surface area contributed by atoms with Crippen molar-refractivity contribution in [3.05, 3.63) is 54.4 Å². The molecule has 2 rings (SSSR count). The van der Waals surface area contributed by atoms with Crippen LogP contribution in [0.5, 0.6) is 5.75 Å². The SMILES string of the molecule is CCCC(=O)NC[C@H](c1cccnc1)S(=O)(=O)c1ccc(OC)cc1. The Hall–Kier alpha value is -2.41. The van der Waals surface area contributed by atoms with Gasteiger partial charge in [-0.25, -0.2) is 8.42 Å². The molecule has 1 amide bonds. The predicted octanol–water partition coefficient (Wildman–Crippen LogP) is 2.52. The maximum atomic E-state index is 13.1. The number of rotatable bonds is 8. The van der Waals surface area contributed by atoms with Crippen molar-refractivity contribution in [2.24, 2.45) is 0 Å². The van der Waals surface area contributed by atoms with Gasteiger partial charge in [0.2, 0.25) is 5.91 Å². The number of carbonyl (C=O) groups is 1. The summed E-state index contributed by atoms with van der Waals surface area (Å²) in [5, 5.41) is 1.80. The van der Waals surface area contributed by atoms with Gasteiger partial charge in [-0.2, -0.15) is 0 Å². The Bertz CT molecular complexity index is 790. The van der Waals surface area contributed by atoms with Crippen molar-refractivity contribution in [2.45, 2.75) is 29.9 Å². The van der Waals surface area contributed by atoms with Gasteiger partial charge in [0.15, 0.2) is 9.84 Å². The van der Waals surface area contributed by atoms with Crippen molar-refractivity contribution in [1.29, 1.82) is 0 Å². The third-order valence-electron chi connectivity index (χ3n) is 3.78. The Morgan fingerprint density at radius 1 is 1.24 bits per heavy atom. The molecule has 0 aliphatic heterocycles. The molecule has 1 aromatic carbocycles. The molecule has 2 aromatic rings. The number of carbonyl (C=O) groups excluding carboxylic acids is 1. The minimum absolute atomic E-state index is 0.00110. The Balaban J connectivity index is 2.33. The van der Waals surface area contributed by atoms with E-state index in [2.05, 4.69) is 10.3 Å². The summed E-state index contributed by atoms with van der Waals surface area (Å²) in [7, 11) is -2.18. The van der Waals surface area contributed by atoms with E-state index >= 15 is 0 Å². The Morgan fingerprint density at radius 2 is 1.96 bits per heavy atom. The maximum absolute atomic E-state index is 13.1. The van der Waals surface area contributed by atoms with E-state index in [4.69, 9.17) is 4.74 Å². The fourth-order valence-electron chi connectivity index (χ4n) is 2.42. The standard InChI is InChI=1S/C18H22N2O4S/c1-3-5-18(21)20-13-17(14-6-4-11-19-12-14)25(22,23)16-9-7-15(24-2)8-10-16/h4,6-12,17H,3,5,13H2,1-2H3,(H,20,21)/t17-/m1/s1. The number of pyridine rings is 1. The first kappa shape index (κ1) is 18.9. The second-order valence-corrected chi connectivity index (χ2v) is 7.68. The molecule has 1 heterocycles. The third-order valence-corrected chi connectivity index (χ3v) is 5.90. The molecule has 0 spiro atoms. The molecule has 0 unspecified atom stereocenters. The normalized spacial score (nSPS) is 12.4. The second kappa shape index (κ2) is 8.62. The van der Waals surface area contributed by atoms with Crippen molar-refractivity contribution in [1.82, 2.24) is 10.3 Å². The van der Waals surface area contributed by atoms with Crippen LogP contribution in [0.1, 0.15) is 30.6 Å². The fraction of sp³-hybridized carbons (Fsp3) is 0.333. The Morgan fingerprint density at radius 3 is 2.52 bits per heavy atom. The van der Waals surface area contributed by atoms with E-state index in [0.717, 1.165) is 0 Å². The second-order valence-electron chi connectivity index (χ2n) is 5.55. The number of nitrogens with one attached hydrogen (secondary N) is 1. The molecule has 0 radical (unpaired) electrons. The van der Waals surface area contributed by atoms with E-state index in [0.29, 0.717) is 24.2 Å². The van der Waals surface area contributed by atoms with Crippen LogP contribution >= 0.6 is 0 Å². The topological polar surface area (TPSA) is 85.4 Å². The van der Waals surface area contributed by atoms with Gasteiger partial charge < -0.3 is 10.1 Å². The Kier molecular flexibility index (Phi) is 6.52. The molecular formula is C18H22N2O4S. The molecule has 0 saturated heterocycles. The van der Waals surface area contributed by atoms with Crippen LogP contribution in [0.25, 0.3) is 0 Å². The molecule has 134 valence electrons. The summed E-state index contributed by atoms with van der Waals surface area (Å²) in [5.74, 6) is 0.412. The highest BCUT2D eigenvalue weighted by atomic mass is 32.2. The van der Waals surface area contributed by atoms with Crippen molar-refractivity contribution >= 4 is 15.7 Å². The summed E-state index contributed by atoms with van der Waals surface area (Å²) in [4.78, 5) is 16.0. The first-order valence-electron chi connectivity index (χ1n) is 8.03. The smallest absolute Gasteiger partial charge is 0.220 e. The summed E-state index contributed by atoms with van der Waals surface area (Å²) in [6.45, 7) is 1.89. The highest BCUT2D eigenvalue weighted by molar-refractivity contribution is 7.91. The lowest BCUT2D eigenvalue weighted by atomic mass is 10.2. The molecule has 1 N–H and O–H groups in total. The van der Waals surface area contributed by atoms with Crippen LogP contribution in [0.4, 0.5) is 0 Å². The van der Waals surface area contributed by atoms with Gasteiger partial charge in [0.05, 0.1) is 12.0 Å². The summed E-state index contributed by atoms with van der Waals surface area (Å²) in [5.41, 5.74) is 0.537. The van der Waals surface area contributed by atoms with Gasteiger partial charge in [0, 0.05) is 25.4 Å². The van der Waals surface area contributed by atoms with Gasteiger partial charge in [0.25, 0.3) is 0 Å². The van der Waals surface area contributed by atoms with Crippen molar-refractivity contribution in [2.75, 3.05) is 13.7 Å². The van der Waals surface area contributed by atoms with Gasteiger partial charge in [-0.15, -0.1) is 0 Å². The van der Waals surface area contributed by atoms with Gasteiger partial charge >= 0.3 is 0 Å². The van der Waals surface area contributed by atoms with E-state index in [1.54, 1.807) is 30.5 Å². The molecule has 1 atom stereocenters. The number of amides is 1. The van der Waals surface area contributed by atoms with Crippen LogP contribution in [0.2, 0.25) is 0 Å². The third kappa shape index (κ3) is 4.79. The van der Waals surface area contributed by atoms with E-state index in [1.165, 1.54) is 25.4 Å². The predicted molar refractivity (Wildman–Crippen MR) is 95.1 cm³/mol. The zero-order valence-corrected chi connectivity index (χ0v) is 15.1. The first-order chi connectivity index (χ1) is 12.0. The molecule has 1 aromatic heterocycles. The largest absolute Gasteiger partial charge is 0.497 e. The molecular weight excluding hydrogens is 340 g/mol. The summed E-state index contributed by atoms with van der Waals surface area (Å²) in [6, 6.07) is 9.59. The Labute approximate surface area is 148 Å². The van der Waals surface area contributed by atoms with Crippen molar-refractivity contribution < 1.29 is 17.9 Å². The number of benzene rings is 1. The zero-order valence-electron chi connectivity index (χ0n) is 14.3. The monoisotopic (exact) mass is 362 g/mol. The fourth-order valence-corrected chi connectivity index (χ4v) is 4.07. The molecule has 0 aliphatic rings. The van der Waals surface area contributed by atoms with Gasteiger partial charge in [-0.05, 0) is 42.3 Å². The summed E-state index contributed by atoms with van der Waals surface area (Å²) in [6.07, 6.45) is 4.16. The number of hydrogen-bond donors (Lipinski definition) is 1. The summed E-state index contributed by atoms with van der Waals surface area (Å²) < 4.78 is 31.2. The van der Waals surface area contributed by atoms with E-state index in [-0.39, 0.29) is 17.3 Å². The van der Waals surface area contributed by atoms with Crippen molar-refractivity contribution in [3.8, 4) is 5.75 Å². The van der Waals surface area contributed by atoms with Crippen LogP contribution in [-0.2, 0) is 14.6 Å². The molecule has 25 heavy (non-hydrogen) atoms. The quantitative estimate of drug-likeness (QED) is 0.780. The van der Waals surface area contributed by atoms with Crippen LogP contribution in [0.3, 0.4) is 0 Å². The van der Waals surface area contributed by atoms with Crippen LogP contribution in [0.15, 0.2) is 53.7 Å². The maximum Gasteiger partial charge on any atom is 0.220 e. The lowest BCUT2D eigenvalue weighted by molar-refractivity contribution is -0.121. The number of aromatic nitrogens is 1. The zero-order chi connectivity index (χ0) is 18.3. The lowest BCUT2D eigenvalue weighted by Gasteiger charge is -2.19. The average Bonchev–Trinajstić information content (AvgIpc) is 2.63. The van der Waals surface area contributed by atoms with Gasteiger partial charge in [-0.3, -0.25) is 9.78 Å². The molecule has 0 fully saturated rings. The summed E-state index contributed by atoms with van der Waals surface area (Å²) >= 11 is 0. The molecule has 6 nitrogen and oxygen atoms in total.